The maximum Gasteiger partial charge on any atom is 0.225 e. The lowest BCUT2D eigenvalue weighted by Crippen LogP contribution is -2.47. The van der Waals surface area contributed by atoms with Crippen LogP contribution in [0.25, 0.3) is 0 Å². The van der Waals surface area contributed by atoms with Gasteiger partial charge < -0.3 is 11.1 Å². The molecule has 4 nitrogen and oxygen atoms in total. The van der Waals surface area contributed by atoms with Crippen LogP contribution in [0, 0.1) is 12.8 Å². The van der Waals surface area contributed by atoms with E-state index < -0.39 is 0 Å². The summed E-state index contributed by atoms with van der Waals surface area (Å²) < 4.78 is 0. The molecule has 1 amide bonds. The van der Waals surface area contributed by atoms with Crippen LogP contribution >= 0.6 is 36.2 Å². The lowest BCUT2D eigenvalue weighted by atomic mass is 9.92. The van der Waals surface area contributed by atoms with Crippen molar-refractivity contribution < 1.29 is 4.79 Å². The van der Waals surface area contributed by atoms with Crippen LogP contribution < -0.4 is 11.1 Å². The molecule has 7 heteroatoms. The van der Waals surface area contributed by atoms with E-state index >= 15 is 0 Å². The third-order valence-corrected chi connectivity index (χ3v) is 6.15. The third-order valence-electron chi connectivity index (χ3n) is 4.98. The Balaban J connectivity index is 0.00000169. The van der Waals surface area contributed by atoms with Crippen LogP contribution in [0.5, 0.6) is 0 Å². The second-order valence-corrected chi connectivity index (χ2v) is 7.66. The van der Waals surface area contributed by atoms with Gasteiger partial charge in [0.25, 0.3) is 0 Å². The fraction of sp³-hybridized carbons (Fsp3) is 0.474. The lowest BCUT2D eigenvalue weighted by molar-refractivity contribution is -0.127. The molecule has 0 radical (unpaired) electrons. The van der Waals surface area contributed by atoms with Gasteiger partial charge in [-0.05, 0) is 25.3 Å². The monoisotopic (exact) mass is 415 g/mol. The third kappa shape index (κ3) is 4.77. The van der Waals surface area contributed by atoms with Crippen molar-refractivity contribution in [3.05, 3.63) is 52.0 Å². The second-order valence-electron chi connectivity index (χ2n) is 6.80. The molecule has 0 spiro atoms. The average Bonchev–Trinajstić information content (AvgIpc) is 3.24. The van der Waals surface area contributed by atoms with Crippen LogP contribution in [0.1, 0.15) is 54.9 Å². The highest BCUT2D eigenvalue weighted by atomic mass is 35.5. The van der Waals surface area contributed by atoms with Crippen LogP contribution in [0.15, 0.2) is 35.7 Å². The number of hydrogen-bond acceptors (Lipinski definition) is 4. The molecule has 1 aliphatic rings. The smallest absolute Gasteiger partial charge is 0.225 e. The van der Waals surface area contributed by atoms with Gasteiger partial charge in [-0.25, -0.2) is 4.98 Å². The largest absolute Gasteiger partial charge is 0.344 e. The predicted molar refractivity (Wildman–Crippen MR) is 112 cm³/mol. The first-order valence-corrected chi connectivity index (χ1v) is 9.45. The second kappa shape index (κ2) is 9.70. The molecule has 1 heterocycles. The molecule has 0 bridgehead atoms. The van der Waals surface area contributed by atoms with Crippen LogP contribution in [0.4, 0.5) is 0 Å². The number of halogens is 2. The average molecular weight is 416 g/mol. The van der Waals surface area contributed by atoms with Crippen molar-refractivity contribution in [2.75, 3.05) is 0 Å². The quantitative estimate of drug-likeness (QED) is 0.753. The van der Waals surface area contributed by atoms with Crippen molar-refractivity contribution in [2.24, 2.45) is 11.7 Å². The van der Waals surface area contributed by atoms with E-state index in [2.05, 4.69) is 15.7 Å². The molecule has 1 aromatic carbocycles. The molecular formula is C19H27Cl2N3OS. The van der Waals surface area contributed by atoms with Gasteiger partial charge in [0.05, 0.1) is 11.5 Å². The van der Waals surface area contributed by atoms with Gasteiger partial charge in [-0.3, -0.25) is 4.79 Å². The number of nitrogens with zero attached hydrogens (tertiary/aromatic N) is 1. The maximum absolute atomic E-state index is 12.9. The minimum absolute atomic E-state index is 0. The summed E-state index contributed by atoms with van der Waals surface area (Å²) >= 11 is 1.65. The normalized spacial score (nSPS) is 17.5. The highest BCUT2D eigenvalue weighted by molar-refractivity contribution is 7.09. The molecule has 3 rings (SSSR count). The zero-order valence-corrected chi connectivity index (χ0v) is 17.6. The SMILES string of the molecule is Cc1csc(C2(NC(=O)C(C)C(N)c3ccccc3)CCCC2)n1.Cl.Cl. The first-order valence-electron chi connectivity index (χ1n) is 8.57. The van der Waals surface area contributed by atoms with Crippen LogP contribution in [0.3, 0.4) is 0 Å². The Morgan fingerprint density at radius 2 is 1.85 bits per heavy atom. The van der Waals surface area contributed by atoms with E-state index in [1.807, 2.05) is 44.2 Å². The van der Waals surface area contributed by atoms with Gasteiger partial charge in [0.1, 0.15) is 5.01 Å². The zero-order valence-electron chi connectivity index (χ0n) is 15.1. The van der Waals surface area contributed by atoms with Gasteiger partial charge in [0.15, 0.2) is 0 Å². The van der Waals surface area contributed by atoms with E-state index in [0.29, 0.717) is 0 Å². The number of hydrogen-bond donors (Lipinski definition) is 2. The lowest BCUT2D eigenvalue weighted by Gasteiger charge is -2.31. The molecule has 3 N–H and O–H groups in total. The van der Waals surface area contributed by atoms with E-state index in [1.54, 1.807) is 11.3 Å². The molecule has 1 aromatic heterocycles. The Labute approximate surface area is 171 Å². The number of nitrogens with two attached hydrogens (primary N) is 1. The van der Waals surface area contributed by atoms with Crippen molar-refractivity contribution in [1.29, 1.82) is 0 Å². The van der Waals surface area contributed by atoms with E-state index in [1.165, 1.54) is 0 Å². The number of rotatable bonds is 5. The minimum atomic E-state index is -0.305. The van der Waals surface area contributed by atoms with E-state index in [0.717, 1.165) is 41.9 Å². The molecule has 1 saturated carbocycles. The molecule has 1 aliphatic carbocycles. The molecule has 2 aromatic rings. The number of amides is 1. The molecule has 1 fully saturated rings. The van der Waals surface area contributed by atoms with Crippen molar-refractivity contribution in [3.8, 4) is 0 Å². The molecule has 2 atom stereocenters. The van der Waals surface area contributed by atoms with Gasteiger partial charge in [-0.2, -0.15) is 0 Å². The molecule has 2 unspecified atom stereocenters. The van der Waals surface area contributed by atoms with Crippen LogP contribution in [-0.2, 0) is 10.3 Å². The number of carbonyl (C=O) groups excluding carboxylic acids is 1. The number of aromatic nitrogens is 1. The highest BCUT2D eigenvalue weighted by Gasteiger charge is 2.40. The first kappa shape index (κ1) is 22.9. The van der Waals surface area contributed by atoms with Crippen molar-refractivity contribution in [1.82, 2.24) is 10.3 Å². The van der Waals surface area contributed by atoms with Crippen LogP contribution in [-0.4, -0.2) is 10.9 Å². The number of benzene rings is 1. The molecule has 0 saturated heterocycles. The maximum atomic E-state index is 12.9. The minimum Gasteiger partial charge on any atom is -0.344 e. The topological polar surface area (TPSA) is 68.0 Å². The zero-order chi connectivity index (χ0) is 17.2. The fourth-order valence-corrected chi connectivity index (χ4v) is 4.43. The summed E-state index contributed by atoms with van der Waals surface area (Å²) in [7, 11) is 0. The number of carbonyl (C=O) groups is 1. The Hall–Kier alpha value is -1.14. The van der Waals surface area contributed by atoms with Gasteiger partial charge in [0.2, 0.25) is 5.91 Å². The summed E-state index contributed by atoms with van der Waals surface area (Å²) in [5, 5.41) is 6.39. The summed E-state index contributed by atoms with van der Waals surface area (Å²) in [6.07, 6.45) is 4.16. The van der Waals surface area contributed by atoms with Crippen molar-refractivity contribution >= 4 is 42.1 Å². The van der Waals surface area contributed by atoms with Crippen molar-refractivity contribution in [2.45, 2.75) is 51.1 Å². The Bertz CT molecular complexity index is 702. The molecule has 144 valence electrons. The van der Waals surface area contributed by atoms with Gasteiger partial charge >= 0.3 is 0 Å². The summed E-state index contributed by atoms with van der Waals surface area (Å²) in [5.41, 5.74) is 8.03. The number of nitrogens with one attached hydrogen (secondary N) is 1. The Morgan fingerprint density at radius 1 is 1.23 bits per heavy atom. The fourth-order valence-electron chi connectivity index (χ4n) is 3.42. The van der Waals surface area contributed by atoms with E-state index in [4.69, 9.17) is 5.73 Å². The van der Waals surface area contributed by atoms with E-state index in [9.17, 15) is 4.79 Å². The molecule has 26 heavy (non-hydrogen) atoms. The summed E-state index contributed by atoms with van der Waals surface area (Å²) in [6.45, 7) is 3.90. The predicted octanol–water partition coefficient (Wildman–Crippen LogP) is 4.52. The van der Waals surface area contributed by atoms with Gasteiger partial charge in [-0.1, -0.05) is 50.1 Å². The van der Waals surface area contributed by atoms with Crippen LogP contribution in [0.2, 0.25) is 0 Å². The van der Waals surface area contributed by atoms with Gasteiger partial charge in [0, 0.05) is 17.1 Å². The highest BCUT2D eigenvalue weighted by Crippen LogP contribution is 2.40. The summed E-state index contributed by atoms with van der Waals surface area (Å²) in [5.74, 6) is -0.271. The summed E-state index contributed by atoms with van der Waals surface area (Å²) in [4.78, 5) is 17.5. The Morgan fingerprint density at radius 3 is 2.38 bits per heavy atom. The van der Waals surface area contributed by atoms with Crippen molar-refractivity contribution in [3.63, 3.8) is 0 Å². The van der Waals surface area contributed by atoms with Gasteiger partial charge in [-0.15, -0.1) is 36.2 Å². The number of thiazole rings is 1. The Kier molecular flexibility index (Phi) is 8.54. The molecular weight excluding hydrogens is 389 g/mol. The molecule has 0 aliphatic heterocycles. The van der Waals surface area contributed by atoms with E-state index in [-0.39, 0.29) is 48.2 Å². The summed E-state index contributed by atoms with van der Waals surface area (Å²) in [6, 6.07) is 9.52. The number of aryl methyl sites for hydroxylation is 1. The first-order chi connectivity index (χ1) is 11.5. The standard InChI is InChI=1S/C19H25N3OS.2ClH/c1-13-12-24-18(21-13)19(10-6-7-11-19)22-17(23)14(2)16(20)15-8-4-3-5-9-15;;/h3-5,8-9,12,14,16H,6-7,10-11,20H2,1-2H3,(H,22,23);2*1H.